The van der Waals surface area contributed by atoms with Gasteiger partial charge in [0.15, 0.2) is 5.65 Å². The first-order valence-corrected chi connectivity index (χ1v) is 10.8. The summed E-state index contributed by atoms with van der Waals surface area (Å²) in [6, 6.07) is 14.1. The Morgan fingerprint density at radius 1 is 1.20 bits per heavy atom. The van der Waals surface area contributed by atoms with Crippen molar-refractivity contribution in [2.45, 2.75) is 32.2 Å². The van der Waals surface area contributed by atoms with Gasteiger partial charge in [-0.1, -0.05) is 30.3 Å². The monoisotopic (exact) mass is 413 g/mol. The molecule has 5 rings (SSSR count). The second-order valence-electron chi connectivity index (χ2n) is 7.41. The molecule has 148 valence electrons. The van der Waals surface area contributed by atoms with Crippen LogP contribution in [0.2, 0.25) is 0 Å². The van der Waals surface area contributed by atoms with Crippen molar-refractivity contribution in [3.05, 3.63) is 75.9 Å². The number of carbonyl (C=O) groups is 1. The fourth-order valence-electron chi connectivity index (χ4n) is 3.92. The fraction of sp³-hybridized carbons (Fsp3) is 0.217. The zero-order chi connectivity index (χ0) is 20.5. The van der Waals surface area contributed by atoms with Crippen molar-refractivity contribution in [3.8, 4) is 6.07 Å². The molecule has 0 bridgehead atoms. The molecule has 4 aromatic rings. The van der Waals surface area contributed by atoms with Crippen molar-refractivity contribution in [2.24, 2.45) is 0 Å². The Bertz CT molecular complexity index is 1280. The molecule has 0 unspecified atom stereocenters. The first kappa shape index (κ1) is 18.5. The summed E-state index contributed by atoms with van der Waals surface area (Å²) in [5.41, 5.74) is 4.06. The minimum atomic E-state index is -0.254. The highest BCUT2D eigenvalue weighted by atomic mass is 32.1. The van der Waals surface area contributed by atoms with Crippen molar-refractivity contribution >= 4 is 33.3 Å². The summed E-state index contributed by atoms with van der Waals surface area (Å²) in [7, 11) is 0. The van der Waals surface area contributed by atoms with E-state index in [9.17, 15) is 10.1 Å². The molecule has 0 saturated carbocycles. The van der Waals surface area contributed by atoms with Gasteiger partial charge in [0, 0.05) is 16.5 Å². The molecule has 6 nitrogen and oxygen atoms in total. The Labute approximate surface area is 177 Å². The maximum absolute atomic E-state index is 12.9. The van der Waals surface area contributed by atoms with Crippen molar-refractivity contribution in [2.75, 3.05) is 5.32 Å². The van der Waals surface area contributed by atoms with Crippen LogP contribution in [0.25, 0.3) is 11.0 Å². The SMILES string of the molecule is N#Cc1c(NC(=O)c2cnc3c(cnn3Cc3ccccc3)c2)sc2c1CCCC2. The van der Waals surface area contributed by atoms with Gasteiger partial charge in [0.2, 0.25) is 0 Å². The van der Waals surface area contributed by atoms with Crippen LogP contribution in [0.5, 0.6) is 0 Å². The van der Waals surface area contributed by atoms with Crippen LogP contribution in [0.1, 0.15) is 44.8 Å². The molecule has 3 aromatic heterocycles. The number of pyridine rings is 1. The van der Waals surface area contributed by atoms with Crippen LogP contribution >= 0.6 is 11.3 Å². The van der Waals surface area contributed by atoms with Gasteiger partial charge in [-0.2, -0.15) is 10.4 Å². The van der Waals surface area contributed by atoms with Gasteiger partial charge in [0.1, 0.15) is 11.1 Å². The molecular formula is C23H19N5OS. The molecule has 1 aliphatic carbocycles. The Morgan fingerprint density at radius 2 is 2.03 bits per heavy atom. The Hall–Kier alpha value is -3.50. The lowest BCUT2D eigenvalue weighted by atomic mass is 9.96. The summed E-state index contributed by atoms with van der Waals surface area (Å²) >= 11 is 1.53. The number of aromatic nitrogens is 3. The topological polar surface area (TPSA) is 83.6 Å². The van der Waals surface area contributed by atoms with E-state index in [1.54, 1.807) is 18.5 Å². The summed E-state index contributed by atoms with van der Waals surface area (Å²) in [4.78, 5) is 18.6. The van der Waals surface area contributed by atoms with Crippen LogP contribution < -0.4 is 5.32 Å². The summed E-state index contributed by atoms with van der Waals surface area (Å²) in [6.45, 7) is 0.620. The van der Waals surface area contributed by atoms with E-state index in [4.69, 9.17) is 0 Å². The third-order valence-corrected chi connectivity index (χ3v) is 6.63. The maximum atomic E-state index is 12.9. The van der Waals surface area contributed by atoms with Crippen LogP contribution in [0.3, 0.4) is 0 Å². The van der Waals surface area contributed by atoms with Crippen molar-refractivity contribution in [1.82, 2.24) is 14.8 Å². The molecule has 7 heteroatoms. The number of hydrogen-bond donors (Lipinski definition) is 1. The molecular weight excluding hydrogens is 394 g/mol. The number of anilines is 1. The molecule has 0 saturated heterocycles. The summed E-state index contributed by atoms with van der Waals surface area (Å²) in [5.74, 6) is -0.254. The van der Waals surface area contributed by atoms with Crippen LogP contribution in [0.4, 0.5) is 5.00 Å². The molecule has 1 aromatic carbocycles. The average Bonchev–Trinajstić information content (AvgIpc) is 3.34. The molecule has 1 amide bonds. The van der Waals surface area contributed by atoms with Crippen molar-refractivity contribution in [3.63, 3.8) is 0 Å². The molecule has 1 N–H and O–H groups in total. The number of rotatable bonds is 4. The Kier molecular flexibility index (Phi) is 4.77. The summed E-state index contributed by atoms with van der Waals surface area (Å²) < 4.78 is 1.83. The van der Waals surface area contributed by atoms with Gasteiger partial charge >= 0.3 is 0 Å². The summed E-state index contributed by atoms with van der Waals surface area (Å²) in [5, 5.41) is 18.4. The van der Waals surface area contributed by atoms with Crippen LogP contribution in [0.15, 0.2) is 48.8 Å². The van der Waals surface area contributed by atoms with E-state index in [1.165, 1.54) is 16.2 Å². The van der Waals surface area contributed by atoms with Crippen molar-refractivity contribution < 1.29 is 4.79 Å². The fourth-order valence-corrected chi connectivity index (χ4v) is 5.15. The smallest absolute Gasteiger partial charge is 0.257 e. The standard InChI is InChI=1S/C23H19N5OS/c24-11-19-18-8-4-5-9-20(18)30-23(19)27-22(29)17-10-16-13-26-28(21(16)25-12-17)14-15-6-2-1-3-7-15/h1-3,6-7,10,12-13H,4-5,8-9,14H2,(H,27,29). The maximum Gasteiger partial charge on any atom is 0.257 e. The highest BCUT2D eigenvalue weighted by molar-refractivity contribution is 7.16. The lowest BCUT2D eigenvalue weighted by molar-refractivity contribution is 0.102. The number of carbonyl (C=O) groups excluding carboxylic acids is 1. The van der Waals surface area contributed by atoms with Crippen molar-refractivity contribution in [1.29, 1.82) is 5.26 Å². The van der Waals surface area contributed by atoms with E-state index in [0.717, 1.165) is 47.8 Å². The molecule has 0 atom stereocenters. The lowest BCUT2D eigenvalue weighted by Gasteiger charge is -2.09. The molecule has 0 spiro atoms. The average molecular weight is 414 g/mol. The minimum absolute atomic E-state index is 0.254. The number of aryl methyl sites for hydroxylation is 1. The number of nitrogens with one attached hydrogen (secondary N) is 1. The molecule has 30 heavy (non-hydrogen) atoms. The predicted octanol–water partition coefficient (Wildman–Crippen LogP) is 4.54. The lowest BCUT2D eigenvalue weighted by Crippen LogP contribution is -2.12. The quantitative estimate of drug-likeness (QED) is 0.532. The molecule has 3 heterocycles. The van der Waals surface area contributed by atoms with Gasteiger partial charge in [-0.3, -0.25) is 4.79 Å². The second kappa shape index (κ2) is 7.73. The first-order chi connectivity index (χ1) is 14.7. The minimum Gasteiger partial charge on any atom is -0.312 e. The largest absolute Gasteiger partial charge is 0.312 e. The Balaban J connectivity index is 1.40. The highest BCUT2D eigenvalue weighted by Crippen LogP contribution is 2.37. The van der Waals surface area contributed by atoms with Gasteiger partial charge < -0.3 is 5.32 Å². The van der Waals surface area contributed by atoms with Gasteiger partial charge in [-0.25, -0.2) is 9.67 Å². The third kappa shape index (κ3) is 3.36. The number of benzene rings is 1. The van der Waals surface area contributed by atoms with E-state index in [1.807, 2.05) is 35.0 Å². The zero-order valence-corrected chi connectivity index (χ0v) is 17.1. The second-order valence-corrected chi connectivity index (χ2v) is 8.51. The van der Waals surface area contributed by atoms with E-state index in [-0.39, 0.29) is 5.91 Å². The molecule has 1 aliphatic rings. The molecule has 0 radical (unpaired) electrons. The Morgan fingerprint density at radius 3 is 2.87 bits per heavy atom. The van der Waals surface area contributed by atoms with Gasteiger partial charge in [0.05, 0.1) is 23.9 Å². The molecule has 0 aliphatic heterocycles. The van der Waals surface area contributed by atoms with Gasteiger partial charge in [-0.05, 0) is 42.9 Å². The van der Waals surface area contributed by atoms with Crippen LogP contribution in [-0.4, -0.2) is 20.7 Å². The van der Waals surface area contributed by atoms with E-state index >= 15 is 0 Å². The van der Waals surface area contributed by atoms with Crippen LogP contribution in [-0.2, 0) is 19.4 Å². The van der Waals surface area contributed by atoms with Gasteiger partial charge in [-0.15, -0.1) is 11.3 Å². The number of amides is 1. The number of nitriles is 1. The predicted molar refractivity (Wildman–Crippen MR) is 117 cm³/mol. The molecule has 0 fully saturated rings. The first-order valence-electron chi connectivity index (χ1n) is 9.94. The van der Waals surface area contributed by atoms with Crippen LogP contribution in [0, 0.1) is 11.3 Å². The zero-order valence-electron chi connectivity index (χ0n) is 16.3. The number of fused-ring (bicyclic) bond motifs is 2. The third-order valence-electron chi connectivity index (χ3n) is 5.42. The van der Waals surface area contributed by atoms with E-state index in [0.29, 0.717) is 22.7 Å². The van der Waals surface area contributed by atoms with Gasteiger partial charge in [0.25, 0.3) is 5.91 Å². The number of nitrogens with zero attached hydrogens (tertiary/aromatic N) is 4. The van der Waals surface area contributed by atoms with E-state index in [2.05, 4.69) is 21.5 Å². The van der Waals surface area contributed by atoms with E-state index < -0.39 is 0 Å². The normalized spacial score (nSPS) is 13.0. The summed E-state index contributed by atoms with van der Waals surface area (Å²) in [6.07, 6.45) is 7.43. The highest BCUT2D eigenvalue weighted by Gasteiger charge is 2.22. The number of hydrogen-bond acceptors (Lipinski definition) is 5. The number of thiophene rings is 1.